The van der Waals surface area contributed by atoms with E-state index < -0.39 is 6.10 Å². The van der Waals surface area contributed by atoms with Crippen molar-refractivity contribution in [3.8, 4) is 0 Å². The Hall–Kier alpha value is -1.73. The van der Waals surface area contributed by atoms with Crippen molar-refractivity contribution in [1.29, 1.82) is 0 Å². The summed E-state index contributed by atoms with van der Waals surface area (Å²) in [6.45, 7) is 8.12. The Morgan fingerprint density at radius 2 is 2.00 bits per heavy atom. The van der Waals surface area contributed by atoms with Gasteiger partial charge in [0.15, 0.2) is 11.9 Å². The quantitative estimate of drug-likeness (QED) is 0.775. The van der Waals surface area contributed by atoms with Gasteiger partial charge in [0.2, 0.25) is 0 Å². The minimum Gasteiger partial charge on any atom is -0.378 e. The molecule has 1 unspecified atom stereocenters. The van der Waals surface area contributed by atoms with Gasteiger partial charge in [0.1, 0.15) is 0 Å². The van der Waals surface area contributed by atoms with Crippen molar-refractivity contribution in [2.45, 2.75) is 20.0 Å². The molecule has 0 radical (unpaired) electrons. The number of aromatic nitrogens is 2. The van der Waals surface area contributed by atoms with Crippen LogP contribution in [0.3, 0.4) is 0 Å². The fourth-order valence-corrected chi connectivity index (χ4v) is 2.80. The lowest BCUT2D eigenvalue weighted by Gasteiger charge is -2.36. The van der Waals surface area contributed by atoms with Gasteiger partial charge in [-0.2, -0.15) is 0 Å². The average molecular weight is 306 g/mol. The maximum atomic E-state index is 12.6. The van der Waals surface area contributed by atoms with E-state index in [9.17, 15) is 4.79 Å². The lowest BCUT2D eigenvalue weighted by Crippen LogP contribution is -2.53. The van der Waals surface area contributed by atoms with E-state index in [0.29, 0.717) is 39.5 Å². The van der Waals surface area contributed by atoms with Crippen LogP contribution in [0.5, 0.6) is 0 Å². The topological polar surface area (TPSA) is 67.8 Å². The predicted molar refractivity (Wildman–Crippen MR) is 80.9 cm³/mol. The Morgan fingerprint density at radius 3 is 2.77 bits per heavy atom. The SMILES string of the molecule is Cc1cnc(C)c(N2CCOC(C(=O)N3CCOCC3)C2)n1. The number of rotatable bonds is 2. The first kappa shape index (κ1) is 15.2. The maximum Gasteiger partial charge on any atom is 0.253 e. The molecule has 1 aromatic rings. The van der Waals surface area contributed by atoms with Gasteiger partial charge < -0.3 is 19.3 Å². The molecule has 0 N–H and O–H groups in total. The highest BCUT2D eigenvalue weighted by Crippen LogP contribution is 2.19. The minimum absolute atomic E-state index is 0.0475. The summed E-state index contributed by atoms with van der Waals surface area (Å²) in [5, 5.41) is 0. The highest BCUT2D eigenvalue weighted by Gasteiger charge is 2.32. The Kier molecular flexibility index (Phi) is 4.54. The molecular weight excluding hydrogens is 284 g/mol. The molecule has 7 nitrogen and oxygen atoms in total. The van der Waals surface area contributed by atoms with Crippen LogP contribution in [0.4, 0.5) is 5.82 Å². The monoisotopic (exact) mass is 306 g/mol. The van der Waals surface area contributed by atoms with E-state index in [2.05, 4.69) is 14.9 Å². The molecule has 7 heteroatoms. The third-order valence-electron chi connectivity index (χ3n) is 4.02. The zero-order valence-electron chi connectivity index (χ0n) is 13.1. The zero-order valence-corrected chi connectivity index (χ0v) is 13.1. The molecule has 0 saturated carbocycles. The number of carbonyl (C=O) groups is 1. The van der Waals surface area contributed by atoms with Crippen molar-refractivity contribution in [3.05, 3.63) is 17.6 Å². The largest absolute Gasteiger partial charge is 0.378 e. The third-order valence-corrected chi connectivity index (χ3v) is 4.02. The van der Waals surface area contributed by atoms with Crippen LogP contribution in [-0.2, 0) is 14.3 Å². The average Bonchev–Trinajstić information content (AvgIpc) is 2.57. The summed E-state index contributed by atoms with van der Waals surface area (Å²) in [5.74, 6) is 0.898. The first-order chi connectivity index (χ1) is 10.6. The molecule has 2 fully saturated rings. The van der Waals surface area contributed by atoms with Gasteiger partial charge in [-0.05, 0) is 13.8 Å². The van der Waals surface area contributed by atoms with Crippen LogP contribution in [-0.4, -0.2) is 72.9 Å². The summed E-state index contributed by atoms with van der Waals surface area (Å²) >= 11 is 0. The lowest BCUT2D eigenvalue weighted by molar-refractivity contribution is -0.148. The van der Waals surface area contributed by atoms with Crippen molar-refractivity contribution in [2.24, 2.45) is 0 Å². The molecule has 120 valence electrons. The van der Waals surface area contributed by atoms with Gasteiger partial charge in [-0.3, -0.25) is 9.78 Å². The summed E-state index contributed by atoms with van der Waals surface area (Å²) < 4.78 is 11.0. The van der Waals surface area contributed by atoms with Crippen molar-refractivity contribution < 1.29 is 14.3 Å². The molecule has 0 spiro atoms. The van der Waals surface area contributed by atoms with Crippen LogP contribution in [0.2, 0.25) is 0 Å². The van der Waals surface area contributed by atoms with Gasteiger partial charge >= 0.3 is 0 Å². The van der Waals surface area contributed by atoms with Crippen molar-refractivity contribution in [2.75, 3.05) is 50.9 Å². The molecule has 22 heavy (non-hydrogen) atoms. The summed E-state index contributed by atoms with van der Waals surface area (Å²) in [6, 6.07) is 0. The second-order valence-corrected chi connectivity index (χ2v) is 5.66. The van der Waals surface area contributed by atoms with Gasteiger partial charge in [0.05, 0.1) is 37.8 Å². The van der Waals surface area contributed by atoms with E-state index in [1.165, 1.54) is 0 Å². The van der Waals surface area contributed by atoms with Crippen LogP contribution < -0.4 is 4.90 Å². The van der Waals surface area contributed by atoms with Gasteiger partial charge in [-0.1, -0.05) is 0 Å². The Labute approximate surface area is 130 Å². The second kappa shape index (κ2) is 6.58. The minimum atomic E-state index is -0.437. The molecular formula is C15H22N4O3. The summed E-state index contributed by atoms with van der Waals surface area (Å²) in [4.78, 5) is 25.4. The standard InChI is InChI=1S/C15H22N4O3/c1-11-9-16-12(2)14(17-11)19-5-8-22-13(10-19)15(20)18-3-6-21-7-4-18/h9,13H,3-8,10H2,1-2H3. The molecule has 2 aliphatic heterocycles. The van der Waals surface area contributed by atoms with Gasteiger partial charge in [0.25, 0.3) is 5.91 Å². The fourth-order valence-electron chi connectivity index (χ4n) is 2.80. The highest BCUT2D eigenvalue weighted by molar-refractivity contribution is 5.82. The number of aryl methyl sites for hydroxylation is 2. The van der Waals surface area contributed by atoms with E-state index in [0.717, 1.165) is 23.8 Å². The van der Waals surface area contributed by atoms with E-state index >= 15 is 0 Å². The smallest absolute Gasteiger partial charge is 0.253 e. The molecule has 3 heterocycles. The second-order valence-electron chi connectivity index (χ2n) is 5.66. The highest BCUT2D eigenvalue weighted by atomic mass is 16.5. The maximum absolute atomic E-state index is 12.6. The van der Waals surface area contributed by atoms with Crippen molar-refractivity contribution >= 4 is 11.7 Å². The summed E-state index contributed by atoms with van der Waals surface area (Å²) in [6.07, 6.45) is 1.32. The molecule has 2 saturated heterocycles. The molecule has 1 aromatic heterocycles. The molecule has 0 bridgehead atoms. The van der Waals surface area contributed by atoms with Crippen LogP contribution in [0, 0.1) is 13.8 Å². The van der Waals surface area contributed by atoms with E-state index in [-0.39, 0.29) is 5.91 Å². The van der Waals surface area contributed by atoms with Crippen molar-refractivity contribution in [3.63, 3.8) is 0 Å². The first-order valence-corrected chi connectivity index (χ1v) is 7.68. The number of morpholine rings is 2. The Balaban J connectivity index is 1.71. The molecule has 0 aromatic carbocycles. The Bertz CT molecular complexity index is 546. The van der Waals surface area contributed by atoms with Crippen molar-refractivity contribution in [1.82, 2.24) is 14.9 Å². The van der Waals surface area contributed by atoms with E-state index in [4.69, 9.17) is 9.47 Å². The third kappa shape index (κ3) is 3.20. The number of ether oxygens (including phenoxy) is 2. The van der Waals surface area contributed by atoms with Crippen LogP contribution in [0.1, 0.15) is 11.4 Å². The molecule has 1 atom stereocenters. The zero-order chi connectivity index (χ0) is 15.5. The lowest BCUT2D eigenvalue weighted by atomic mass is 10.2. The first-order valence-electron chi connectivity index (χ1n) is 7.68. The Morgan fingerprint density at radius 1 is 1.23 bits per heavy atom. The number of amides is 1. The van der Waals surface area contributed by atoms with E-state index in [1.807, 2.05) is 18.7 Å². The number of nitrogens with zero attached hydrogens (tertiary/aromatic N) is 4. The van der Waals surface area contributed by atoms with Crippen LogP contribution >= 0.6 is 0 Å². The summed E-state index contributed by atoms with van der Waals surface area (Å²) in [7, 11) is 0. The van der Waals surface area contributed by atoms with E-state index in [1.54, 1.807) is 6.20 Å². The molecule has 1 amide bonds. The number of anilines is 1. The van der Waals surface area contributed by atoms with Crippen LogP contribution in [0.25, 0.3) is 0 Å². The molecule has 0 aliphatic carbocycles. The molecule has 3 rings (SSSR count). The van der Waals surface area contributed by atoms with Gasteiger partial charge in [0, 0.05) is 25.8 Å². The normalized spacial score (nSPS) is 22.7. The number of hydrogen-bond acceptors (Lipinski definition) is 6. The number of carbonyl (C=O) groups excluding carboxylic acids is 1. The number of hydrogen-bond donors (Lipinski definition) is 0. The molecule has 2 aliphatic rings. The van der Waals surface area contributed by atoms with Crippen LogP contribution in [0.15, 0.2) is 6.20 Å². The van der Waals surface area contributed by atoms with Gasteiger partial charge in [-0.15, -0.1) is 0 Å². The summed E-state index contributed by atoms with van der Waals surface area (Å²) in [5.41, 5.74) is 1.76. The predicted octanol–water partition coefficient (Wildman–Crippen LogP) is 0.157. The van der Waals surface area contributed by atoms with Gasteiger partial charge in [-0.25, -0.2) is 4.98 Å². The fraction of sp³-hybridized carbons (Fsp3) is 0.667.